The van der Waals surface area contributed by atoms with E-state index in [4.69, 9.17) is 44.8 Å². The highest BCUT2D eigenvalue weighted by atomic mass is 35.5. The first-order valence-electron chi connectivity index (χ1n) is 15.7. The Labute approximate surface area is 283 Å². The molecule has 3 fully saturated rings. The van der Waals surface area contributed by atoms with Crippen LogP contribution in [0.1, 0.15) is 61.8 Å². The van der Waals surface area contributed by atoms with Gasteiger partial charge < -0.3 is 38.3 Å². The van der Waals surface area contributed by atoms with E-state index in [1.54, 1.807) is 13.8 Å². The van der Waals surface area contributed by atoms with Gasteiger partial charge in [0.1, 0.15) is 17.8 Å². The molecule has 14 nitrogen and oxygen atoms in total. The summed E-state index contributed by atoms with van der Waals surface area (Å²) in [6, 6.07) is 0. The SMILES string of the molecule is C=C1C=CC(OC(C)=O)C2(C)C(OC(C)=O)C(OC(=O)CC(C)C)C(OC(C)=O)C3(CO3)C2C(OC(C)=O)C2(O)C(C)C(=O)OC2C1Cl. The van der Waals surface area contributed by atoms with Crippen LogP contribution in [0, 0.1) is 23.2 Å². The Morgan fingerprint density at radius 2 is 1.48 bits per heavy atom. The van der Waals surface area contributed by atoms with Crippen molar-refractivity contribution in [2.75, 3.05) is 6.61 Å². The summed E-state index contributed by atoms with van der Waals surface area (Å²) in [4.78, 5) is 77.7. The van der Waals surface area contributed by atoms with Crippen molar-refractivity contribution >= 4 is 47.4 Å². The molecular weight excluding hydrogens is 656 g/mol. The average molecular weight is 699 g/mol. The third-order valence-electron chi connectivity index (χ3n) is 9.60. The molecular formula is C33H43ClO14. The monoisotopic (exact) mass is 698 g/mol. The minimum atomic E-state index is -2.42. The van der Waals surface area contributed by atoms with Crippen LogP contribution in [0.15, 0.2) is 24.3 Å². The summed E-state index contributed by atoms with van der Waals surface area (Å²) in [5.74, 6) is -7.94. The van der Waals surface area contributed by atoms with Crippen LogP contribution in [-0.4, -0.2) is 101 Å². The molecule has 0 aromatic heterocycles. The number of fused-ring (bicyclic) bond motifs is 3. The summed E-state index contributed by atoms with van der Waals surface area (Å²) < 4.78 is 41.3. The number of hydrogen-bond acceptors (Lipinski definition) is 14. The van der Waals surface area contributed by atoms with Crippen molar-refractivity contribution in [1.82, 2.24) is 0 Å². The molecule has 15 heteroatoms. The van der Waals surface area contributed by atoms with E-state index in [-0.39, 0.29) is 24.5 Å². The van der Waals surface area contributed by atoms with Crippen molar-refractivity contribution < 1.29 is 67.0 Å². The fraction of sp³-hybridized carbons (Fsp3) is 0.697. The standard InChI is InChI=1S/C33H43ClO14/c1-14(2)12-22(39)47-24-27(44-18(6)36)31(9)21(43-17(5)35)11-10-15(3)23(34)26-33(41,16(4)30(40)48-26)29(46-20(8)38)25(31)32(13-42-32)28(24)45-19(7)37/h10-11,14,16,21,23-29,41H,3,12-13H2,1-2,4-9H3. The quantitative estimate of drug-likeness (QED) is 0.176. The van der Waals surface area contributed by atoms with Crippen LogP contribution in [0.3, 0.4) is 0 Å². The van der Waals surface area contributed by atoms with Crippen molar-refractivity contribution in [3.05, 3.63) is 24.3 Å². The largest absolute Gasteiger partial charge is 0.459 e. The summed E-state index contributed by atoms with van der Waals surface area (Å²) in [5.41, 5.74) is -5.87. The van der Waals surface area contributed by atoms with Crippen LogP contribution >= 0.6 is 11.6 Å². The number of allylic oxidation sites excluding steroid dienone is 1. The lowest BCUT2D eigenvalue weighted by atomic mass is 9.51. The number of aliphatic hydroxyl groups is 1. The van der Waals surface area contributed by atoms with E-state index >= 15 is 0 Å². The first-order valence-corrected chi connectivity index (χ1v) is 16.1. The molecule has 2 heterocycles. The van der Waals surface area contributed by atoms with Gasteiger partial charge in [0, 0.05) is 40.0 Å². The molecule has 0 aromatic rings. The average Bonchev–Trinajstić information content (AvgIpc) is 3.71. The molecule has 0 amide bonds. The van der Waals surface area contributed by atoms with Gasteiger partial charge in [-0.05, 0) is 24.5 Å². The minimum Gasteiger partial charge on any atom is -0.459 e. The molecule has 0 bridgehead atoms. The van der Waals surface area contributed by atoms with Crippen molar-refractivity contribution in [2.45, 2.75) is 115 Å². The highest BCUT2D eigenvalue weighted by Crippen LogP contribution is 2.63. The van der Waals surface area contributed by atoms with Crippen molar-refractivity contribution in [1.29, 1.82) is 0 Å². The molecule has 12 unspecified atom stereocenters. The van der Waals surface area contributed by atoms with Crippen LogP contribution in [0.25, 0.3) is 0 Å². The van der Waals surface area contributed by atoms with Crippen molar-refractivity contribution in [3.63, 3.8) is 0 Å². The highest BCUT2D eigenvalue weighted by molar-refractivity contribution is 6.23. The zero-order chi connectivity index (χ0) is 36.1. The Hall–Kier alpha value is -3.49. The number of epoxide rings is 1. The molecule has 12 atom stereocenters. The maximum absolute atomic E-state index is 13.3. The fourth-order valence-corrected chi connectivity index (χ4v) is 7.84. The smallest absolute Gasteiger partial charge is 0.312 e. The lowest BCUT2D eigenvalue weighted by Gasteiger charge is -2.59. The topological polar surface area (TPSA) is 191 Å². The molecule has 48 heavy (non-hydrogen) atoms. The summed E-state index contributed by atoms with van der Waals surface area (Å²) in [6.45, 7) is 14.6. The predicted octanol–water partition coefficient (Wildman–Crippen LogP) is 2.10. The van der Waals surface area contributed by atoms with E-state index in [0.29, 0.717) is 0 Å². The molecule has 0 aromatic carbocycles. The lowest BCUT2D eigenvalue weighted by molar-refractivity contribution is -0.280. The third-order valence-corrected chi connectivity index (χ3v) is 10.1. The van der Waals surface area contributed by atoms with Crippen LogP contribution in [0.4, 0.5) is 0 Å². The molecule has 2 aliphatic heterocycles. The van der Waals surface area contributed by atoms with E-state index in [9.17, 15) is 33.9 Å². The molecule has 2 saturated heterocycles. The molecule has 1 saturated carbocycles. The van der Waals surface area contributed by atoms with Gasteiger partial charge in [-0.2, -0.15) is 0 Å². The number of alkyl halides is 1. The van der Waals surface area contributed by atoms with Crippen LogP contribution in [0.5, 0.6) is 0 Å². The number of carbonyl (C=O) groups is 6. The van der Waals surface area contributed by atoms with Crippen LogP contribution < -0.4 is 0 Å². The maximum atomic E-state index is 13.3. The zero-order valence-corrected chi connectivity index (χ0v) is 28.9. The van der Waals surface area contributed by atoms with E-state index in [0.717, 1.165) is 27.7 Å². The molecule has 1 N–H and O–H groups in total. The van der Waals surface area contributed by atoms with Crippen LogP contribution in [0.2, 0.25) is 0 Å². The van der Waals surface area contributed by atoms with Gasteiger partial charge in [0.25, 0.3) is 0 Å². The predicted molar refractivity (Wildman–Crippen MR) is 164 cm³/mol. The summed E-state index contributed by atoms with van der Waals surface area (Å²) in [6.07, 6.45) is -6.71. The summed E-state index contributed by atoms with van der Waals surface area (Å²) in [7, 11) is 0. The number of halogens is 1. The fourth-order valence-electron chi connectivity index (χ4n) is 7.51. The Morgan fingerprint density at radius 1 is 0.958 bits per heavy atom. The molecule has 4 aliphatic rings. The molecule has 4 rings (SSSR count). The number of carbonyl (C=O) groups excluding carboxylic acids is 6. The van der Waals surface area contributed by atoms with Gasteiger partial charge in [-0.25, -0.2) is 0 Å². The van der Waals surface area contributed by atoms with E-state index < -0.39 is 106 Å². The maximum Gasteiger partial charge on any atom is 0.312 e. The highest BCUT2D eigenvalue weighted by Gasteiger charge is 2.81. The van der Waals surface area contributed by atoms with Gasteiger partial charge >= 0.3 is 35.8 Å². The van der Waals surface area contributed by atoms with Gasteiger partial charge in [-0.3, -0.25) is 28.8 Å². The molecule has 0 radical (unpaired) electrons. The summed E-state index contributed by atoms with van der Waals surface area (Å²) in [5, 5.41) is 11.5. The summed E-state index contributed by atoms with van der Waals surface area (Å²) >= 11 is 6.80. The van der Waals surface area contributed by atoms with Gasteiger partial charge in [0.05, 0.1) is 23.3 Å². The first-order chi connectivity index (χ1) is 22.2. The number of rotatable bonds is 7. The first kappa shape index (κ1) is 37.3. The molecule has 2 aliphatic carbocycles. The lowest BCUT2D eigenvalue weighted by Crippen LogP contribution is -2.76. The van der Waals surface area contributed by atoms with Crippen molar-refractivity contribution in [2.24, 2.45) is 23.2 Å². The second kappa shape index (κ2) is 13.4. The van der Waals surface area contributed by atoms with Gasteiger partial charge in [0.15, 0.2) is 30.0 Å². The van der Waals surface area contributed by atoms with E-state index in [1.807, 2.05) is 0 Å². The Balaban J connectivity index is 2.15. The number of ether oxygens (including phenoxy) is 7. The van der Waals surface area contributed by atoms with Gasteiger partial charge in [-0.15, -0.1) is 11.6 Å². The zero-order valence-electron chi connectivity index (χ0n) is 28.2. The second-order valence-electron chi connectivity index (χ2n) is 13.6. The number of hydrogen-bond donors (Lipinski definition) is 1. The Bertz CT molecular complexity index is 1400. The normalized spacial score (nSPS) is 40.2. The van der Waals surface area contributed by atoms with Gasteiger partial charge in [0.2, 0.25) is 0 Å². The number of esters is 6. The minimum absolute atomic E-state index is 0.0667. The van der Waals surface area contributed by atoms with Crippen molar-refractivity contribution in [3.8, 4) is 0 Å². The Morgan fingerprint density at radius 3 is 1.98 bits per heavy atom. The second-order valence-corrected chi connectivity index (χ2v) is 14.0. The third kappa shape index (κ3) is 6.46. The van der Waals surface area contributed by atoms with E-state index in [1.165, 1.54) is 26.0 Å². The Kier molecular flexibility index (Phi) is 10.4. The van der Waals surface area contributed by atoms with Gasteiger partial charge in [-0.1, -0.05) is 33.4 Å². The van der Waals surface area contributed by atoms with E-state index in [2.05, 4.69) is 6.58 Å². The molecule has 266 valence electrons. The van der Waals surface area contributed by atoms with Crippen LogP contribution in [-0.2, 0) is 61.9 Å². The molecule has 1 spiro atoms.